The zero-order valence-electron chi connectivity index (χ0n) is 14.7. The molecule has 2 aromatic carbocycles. The summed E-state index contributed by atoms with van der Waals surface area (Å²) in [6, 6.07) is 19.1. The van der Waals surface area contributed by atoms with Crippen LogP contribution in [0.3, 0.4) is 0 Å². The van der Waals surface area contributed by atoms with Crippen LogP contribution in [-0.2, 0) is 9.59 Å². The number of amides is 1. The van der Waals surface area contributed by atoms with Gasteiger partial charge in [0.05, 0.1) is 11.8 Å². The van der Waals surface area contributed by atoms with E-state index in [1.807, 2.05) is 74.5 Å². The molecule has 2 aromatic rings. The van der Waals surface area contributed by atoms with Crippen LogP contribution >= 0.6 is 0 Å². The molecule has 0 spiro atoms. The van der Waals surface area contributed by atoms with Crippen LogP contribution in [-0.4, -0.2) is 23.5 Å². The highest BCUT2D eigenvalue weighted by atomic mass is 16.4. The first-order chi connectivity index (χ1) is 12.0. The highest BCUT2D eigenvalue weighted by molar-refractivity contribution is 5.87. The molecule has 132 valence electrons. The van der Waals surface area contributed by atoms with Crippen molar-refractivity contribution < 1.29 is 14.7 Å². The Balaban J connectivity index is 2.17. The molecule has 0 saturated carbocycles. The zero-order chi connectivity index (χ0) is 18.2. The summed E-state index contributed by atoms with van der Waals surface area (Å²) in [7, 11) is 0. The van der Waals surface area contributed by atoms with Crippen LogP contribution in [0.1, 0.15) is 37.3 Å². The molecule has 4 heteroatoms. The fourth-order valence-electron chi connectivity index (χ4n) is 2.95. The number of rotatable bonds is 8. The van der Waals surface area contributed by atoms with Crippen molar-refractivity contribution >= 4 is 11.9 Å². The van der Waals surface area contributed by atoms with Gasteiger partial charge in [-0.15, -0.1) is 0 Å². The van der Waals surface area contributed by atoms with Crippen LogP contribution in [0, 0.1) is 11.8 Å². The minimum absolute atomic E-state index is 0.141. The predicted octanol–water partition coefficient (Wildman–Crippen LogP) is 3.68. The number of nitrogens with one attached hydrogen (secondary N) is 1. The van der Waals surface area contributed by atoms with Crippen LogP contribution in [0.2, 0.25) is 0 Å². The van der Waals surface area contributed by atoms with Gasteiger partial charge >= 0.3 is 5.97 Å². The van der Waals surface area contributed by atoms with Gasteiger partial charge in [0.2, 0.25) is 5.91 Å². The van der Waals surface area contributed by atoms with E-state index in [2.05, 4.69) is 5.32 Å². The molecule has 25 heavy (non-hydrogen) atoms. The van der Waals surface area contributed by atoms with E-state index in [9.17, 15) is 14.7 Å². The second-order valence-corrected chi connectivity index (χ2v) is 6.66. The molecule has 2 rings (SSSR count). The Bertz CT molecular complexity index is 643. The summed E-state index contributed by atoms with van der Waals surface area (Å²) in [5.74, 6) is -1.80. The fourth-order valence-corrected chi connectivity index (χ4v) is 2.95. The smallest absolute Gasteiger partial charge is 0.308 e. The van der Waals surface area contributed by atoms with Crippen molar-refractivity contribution in [2.75, 3.05) is 6.54 Å². The highest BCUT2D eigenvalue weighted by Crippen LogP contribution is 2.25. The molecule has 1 unspecified atom stereocenters. The van der Waals surface area contributed by atoms with E-state index in [0.717, 1.165) is 11.1 Å². The molecular formula is C21H25NO3. The normalized spacial score (nSPS) is 12.2. The summed E-state index contributed by atoms with van der Waals surface area (Å²) in [4.78, 5) is 24.3. The van der Waals surface area contributed by atoms with Gasteiger partial charge in [-0.2, -0.15) is 0 Å². The number of carboxylic acid groups (broad SMARTS) is 1. The van der Waals surface area contributed by atoms with Gasteiger partial charge in [0.15, 0.2) is 0 Å². The Morgan fingerprint density at radius 3 is 1.80 bits per heavy atom. The summed E-state index contributed by atoms with van der Waals surface area (Å²) in [6.07, 6.45) is 0.539. The van der Waals surface area contributed by atoms with Gasteiger partial charge in [-0.05, 0) is 23.5 Å². The maximum Gasteiger partial charge on any atom is 0.308 e. The molecule has 0 bridgehead atoms. The first-order valence-electron chi connectivity index (χ1n) is 8.59. The lowest BCUT2D eigenvalue weighted by atomic mass is 9.90. The van der Waals surface area contributed by atoms with E-state index in [1.165, 1.54) is 0 Å². The van der Waals surface area contributed by atoms with Gasteiger partial charge in [-0.25, -0.2) is 0 Å². The molecule has 1 atom stereocenters. The monoisotopic (exact) mass is 339 g/mol. The lowest BCUT2D eigenvalue weighted by Crippen LogP contribution is -2.36. The Morgan fingerprint density at radius 1 is 0.920 bits per heavy atom. The number of hydrogen-bond acceptors (Lipinski definition) is 2. The third-order valence-corrected chi connectivity index (χ3v) is 4.16. The molecule has 0 aliphatic rings. The summed E-state index contributed by atoms with van der Waals surface area (Å²) >= 11 is 0. The van der Waals surface area contributed by atoms with Gasteiger partial charge in [0.25, 0.3) is 0 Å². The van der Waals surface area contributed by atoms with Gasteiger partial charge in [-0.3, -0.25) is 9.59 Å². The first kappa shape index (κ1) is 18.7. The molecule has 2 N–H and O–H groups in total. The van der Waals surface area contributed by atoms with Crippen LogP contribution < -0.4 is 5.32 Å². The number of carbonyl (C=O) groups excluding carboxylic acids is 1. The maximum atomic E-state index is 12.9. The number of hydrogen-bond donors (Lipinski definition) is 2. The maximum absolute atomic E-state index is 12.9. The Hall–Kier alpha value is -2.62. The summed E-state index contributed by atoms with van der Waals surface area (Å²) < 4.78 is 0. The van der Waals surface area contributed by atoms with Crippen LogP contribution in [0.15, 0.2) is 60.7 Å². The average molecular weight is 339 g/mol. The van der Waals surface area contributed by atoms with Gasteiger partial charge in [0.1, 0.15) is 0 Å². The minimum atomic E-state index is -0.870. The van der Waals surface area contributed by atoms with Crippen molar-refractivity contribution in [2.24, 2.45) is 11.8 Å². The SMILES string of the molecule is CC(C)CC(CNC(=O)C(c1ccccc1)c1ccccc1)C(=O)O. The van der Waals surface area contributed by atoms with Crippen LogP contribution in [0.25, 0.3) is 0 Å². The summed E-state index contributed by atoms with van der Waals surface area (Å²) in [5, 5.41) is 12.2. The van der Waals surface area contributed by atoms with Crippen molar-refractivity contribution in [3.63, 3.8) is 0 Å². The molecule has 0 saturated heterocycles. The van der Waals surface area contributed by atoms with Crippen molar-refractivity contribution in [3.8, 4) is 0 Å². The predicted molar refractivity (Wildman–Crippen MR) is 98.3 cm³/mol. The molecule has 0 aromatic heterocycles. The second-order valence-electron chi connectivity index (χ2n) is 6.66. The van der Waals surface area contributed by atoms with Crippen molar-refractivity contribution in [3.05, 3.63) is 71.8 Å². The number of carbonyl (C=O) groups is 2. The first-order valence-corrected chi connectivity index (χ1v) is 8.59. The summed E-state index contributed by atoms with van der Waals surface area (Å²) in [6.45, 7) is 4.10. The summed E-state index contributed by atoms with van der Waals surface area (Å²) in [5.41, 5.74) is 1.78. The second kappa shape index (κ2) is 9.02. The quantitative estimate of drug-likeness (QED) is 0.771. The molecule has 0 aliphatic carbocycles. The lowest BCUT2D eigenvalue weighted by Gasteiger charge is -2.20. The van der Waals surface area contributed by atoms with Crippen LogP contribution in [0.4, 0.5) is 0 Å². The van der Waals surface area contributed by atoms with E-state index < -0.39 is 17.8 Å². The topological polar surface area (TPSA) is 66.4 Å². The third-order valence-electron chi connectivity index (χ3n) is 4.16. The Kier molecular flexibility index (Phi) is 6.75. The number of benzene rings is 2. The van der Waals surface area contributed by atoms with Crippen molar-refractivity contribution in [2.45, 2.75) is 26.2 Å². The van der Waals surface area contributed by atoms with E-state index in [0.29, 0.717) is 6.42 Å². The van der Waals surface area contributed by atoms with Crippen molar-refractivity contribution in [1.29, 1.82) is 0 Å². The van der Waals surface area contributed by atoms with Gasteiger partial charge < -0.3 is 10.4 Å². The van der Waals surface area contributed by atoms with E-state index in [1.54, 1.807) is 0 Å². The fraction of sp³-hybridized carbons (Fsp3) is 0.333. The molecule has 1 amide bonds. The standard InChI is InChI=1S/C21H25NO3/c1-15(2)13-18(21(24)25)14-22-20(23)19(16-9-5-3-6-10-16)17-11-7-4-8-12-17/h3-12,15,18-19H,13-14H2,1-2H3,(H,22,23)(H,24,25). The van der Waals surface area contributed by atoms with E-state index in [4.69, 9.17) is 0 Å². The molecule has 0 aliphatic heterocycles. The van der Waals surface area contributed by atoms with Gasteiger partial charge in [0, 0.05) is 6.54 Å². The lowest BCUT2D eigenvalue weighted by molar-refractivity contribution is -0.142. The largest absolute Gasteiger partial charge is 0.481 e. The van der Waals surface area contributed by atoms with Gasteiger partial charge in [-0.1, -0.05) is 74.5 Å². The molecule has 0 radical (unpaired) electrons. The molecule has 4 nitrogen and oxygen atoms in total. The number of aliphatic carboxylic acids is 1. The third kappa shape index (κ3) is 5.45. The minimum Gasteiger partial charge on any atom is -0.481 e. The molecule has 0 heterocycles. The molecule has 0 fully saturated rings. The number of carboxylic acids is 1. The zero-order valence-corrected chi connectivity index (χ0v) is 14.7. The highest BCUT2D eigenvalue weighted by Gasteiger charge is 2.25. The van der Waals surface area contributed by atoms with Crippen molar-refractivity contribution in [1.82, 2.24) is 5.32 Å². The van der Waals surface area contributed by atoms with E-state index in [-0.39, 0.29) is 18.4 Å². The van der Waals surface area contributed by atoms with E-state index >= 15 is 0 Å². The molecular weight excluding hydrogens is 314 g/mol. The Labute approximate surface area is 148 Å². The Morgan fingerprint density at radius 2 is 1.40 bits per heavy atom. The average Bonchev–Trinajstić information content (AvgIpc) is 2.60. The van der Waals surface area contributed by atoms with Crippen LogP contribution in [0.5, 0.6) is 0 Å².